The Kier molecular flexibility index (Phi) is 6.16. The molecule has 42 heavy (non-hydrogen) atoms. The van der Waals surface area contributed by atoms with Crippen molar-refractivity contribution in [3.8, 4) is 11.5 Å². The van der Waals surface area contributed by atoms with E-state index in [1.165, 1.54) is 39.6 Å². The third-order valence-corrected chi connectivity index (χ3v) is 8.35. The van der Waals surface area contributed by atoms with Crippen molar-refractivity contribution in [2.75, 3.05) is 4.90 Å². The molecular weight excluding hydrogens is 522 g/mol. The van der Waals surface area contributed by atoms with E-state index < -0.39 is 11.9 Å². The fourth-order valence-electron chi connectivity index (χ4n) is 6.50. The van der Waals surface area contributed by atoms with Gasteiger partial charge in [-0.2, -0.15) is 0 Å². The predicted molar refractivity (Wildman–Crippen MR) is 167 cm³/mol. The summed E-state index contributed by atoms with van der Waals surface area (Å²) in [4.78, 5) is 26.2. The van der Waals surface area contributed by atoms with Gasteiger partial charge in [0, 0.05) is 40.3 Å². The monoisotopic (exact) mass is 551 g/mol. The maximum atomic E-state index is 11.9. The summed E-state index contributed by atoms with van der Waals surface area (Å²) in [5.74, 6) is 0.334. The average molecular weight is 552 g/mol. The molecule has 206 valence electrons. The van der Waals surface area contributed by atoms with Gasteiger partial charge >= 0.3 is 11.9 Å². The minimum absolute atomic E-state index is 0.445. The SMILES string of the molecule is C=CC(=O)Oc1ccc2cc(N(c3ccc(C)cc3)c3cc4c5c(c(OC(=O)C=C)ccc5c3)CC4)cc3c2c1CC3. The minimum Gasteiger partial charge on any atom is -0.423 e. The van der Waals surface area contributed by atoms with Crippen LogP contribution in [-0.2, 0) is 35.3 Å². The zero-order valence-corrected chi connectivity index (χ0v) is 23.4. The van der Waals surface area contributed by atoms with Gasteiger partial charge in [0.25, 0.3) is 0 Å². The number of anilines is 3. The highest BCUT2D eigenvalue weighted by molar-refractivity contribution is 6.00. The quantitative estimate of drug-likeness (QED) is 0.116. The zero-order chi connectivity index (χ0) is 29.0. The van der Waals surface area contributed by atoms with E-state index in [2.05, 4.69) is 73.5 Å². The molecule has 0 saturated carbocycles. The number of hydrogen-bond acceptors (Lipinski definition) is 5. The highest BCUT2D eigenvalue weighted by Crippen LogP contribution is 2.45. The first kappa shape index (κ1) is 25.8. The smallest absolute Gasteiger partial charge is 0.335 e. The molecule has 0 saturated heterocycles. The lowest BCUT2D eigenvalue weighted by Crippen LogP contribution is -2.11. The van der Waals surface area contributed by atoms with Gasteiger partial charge in [0.05, 0.1) is 0 Å². The lowest BCUT2D eigenvalue weighted by molar-refractivity contribution is -0.129. The van der Waals surface area contributed by atoms with Crippen LogP contribution in [0.4, 0.5) is 17.1 Å². The van der Waals surface area contributed by atoms with Crippen LogP contribution in [0.2, 0.25) is 0 Å². The Balaban J connectivity index is 1.38. The lowest BCUT2D eigenvalue weighted by Gasteiger charge is -2.27. The third kappa shape index (κ3) is 4.25. The second kappa shape index (κ2) is 10.0. The van der Waals surface area contributed by atoms with Crippen LogP contribution in [0.1, 0.15) is 27.8 Å². The predicted octanol–water partition coefficient (Wildman–Crippen LogP) is 8.15. The topological polar surface area (TPSA) is 55.8 Å². The number of ether oxygens (including phenoxy) is 2. The Labute approximate surface area is 244 Å². The molecule has 0 N–H and O–H groups in total. The van der Waals surface area contributed by atoms with Crippen molar-refractivity contribution < 1.29 is 19.1 Å². The first-order valence-corrected chi connectivity index (χ1v) is 14.2. The van der Waals surface area contributed by atoms with Gasteiger partial charge in [-0.1, -0.05) is 43.0 Å². The van der Waals surface area contributed by atoms with Gasteiger partial charge in [0.1, 0.15) is 11.5 Å². The molecule has 0 radical (unpaired) electrons. The molecule has 0 fully saturated rings. The Morgan fingerprint density at radius 2 is 1.12 bits per heavy atom. The molecule has 0 unspecified atom stereocenters. The summed E-state index contributed by atoms with van der Waals surface area (Å²) >= 11 is 0. The molecule has 7 rings (SSSR count). The number of aryl methyl sites for hydroxylation is 5. The summed E-state index contributed by atoms with van der Waals surface area (Å²) < 4.78 is 11.1. The van der Waals surface area contributed by atoms with E-state index in [0.717, 1.165) is 64.6 Å². The van der Waals surface area contributed by atoms with E-state index in [1.54, 1.807) is 0 Å². The van der Waals surface area contributed by atoms with Crippen LogP contribution in [0.5, 0.6) is 11.5 Å². The first-order valence-electron chi connectivity index (χ1n) is 14.2. The van der Waals surface area contributed by atoms with Gasteiger partial charge in [0.2, 0.25) is 0 Å². The number of rotatable bonds is 7. The van der Waals surface area contributed by atoms with Gasteiger partial charge in [-0.15, -0.1) is 0 Å². The summed E-state index contributed by atoms with van der Waals surface area (Å²) in [6, 6.07) is 25.4. The normalized spacial score (nSPS) is 12.9. The Morgan fingerprint density at radius 1 is 0.643 bits per heavy atom. The number of carbonyl (C=O) groups excluding carboxylic acids is 2. The van der Waals surface area contributed by atoms with Crippen LogP contribution in [-0.4, -0.2) is 11.9 Å². The Hall–Kier alpha value is -5.16. The standard InChI is InChI=1S/C37H29NO4/c1-4-34(39)41-32-16-10-25-20-28(18-23-8-14-30(32)36(23)25)38(27-12-6-22(3)7-13-27)29-19-24-9-15-31-33(42-35(40)5-2)17-11-26(21-29)37(24)31/h4-7,10-13,16-21H,1-2,8-9,14-15H2,3H3. The van der Waals surface area contributed by atoms with Crippen molar-refractivity contribution >= 4 is 50.5 Å². The molecule has 2 aliphatic carbocycles. The minimum atomic E-state index is -0.445. The van der Waals surface area contributed by atoms with Gasteiger partial charge in [-0.05, 0) is 114 Å². The van der Waals surface area contributed by atoms with E-state index in [4.69, 9.17) is 9.47 Å². The molecule has 2 aliphatic rings. The van der Waals surface area contributed by atoms with Crippen LogP contribution < -0.4 is 14.4 Å². The van der Waals surface area contributed by atoms with Crippen molar-refractivity contribution in [1.82, 2.24) is 0 Å². The fraction of sp³-hybridized carbons (Fsp3) is 0.135. The number of nitrogens with zero attached hydrogens (tertiary/aromatic N) is 1. The number of hydrogen-bond donors (Lipinski definition) is 0. The molecule has 0 heterocycles. The molecule has 5 heteroatoms. The Morgan fingerprint density at radius 3 is 1.57 bits per heavy atom. The summed E-state index contributed by atoms with van der Waals surface area (Å²) in [6.45, 7) is 9.16. The van der Waals surface area contributed by atoms with E-state index in [0.29, 0.717) is 11.5 Å². The van der Waals surface area contributed by atoms with E-state index in [9.17, 15) is 9.59 Å². The van der Waals surface area contributed by atoms with E-state index in [-0.39, 0.29) is 0 Å². The molecule has 5 aromatic rings. The van der Waals surface area contributed by atoms with Gasteiger partial charge in [0.15, 0.2) is 0 Å². The van der Waals surface area contributed by atoms with E-state index in [1.807, 2.05) is 24.3 Å². The number of esters is 2. The highest BCUT2D eigenvalue weighted by atomic mass is 16.5. The molecule has 0 bridgehead atoms. The average Bonchev–Trinajstić information content (AvgIpc) is 3.63. The Bertz CT molecular complexity index is 1850. The molecule has 0 atom stereocenters. The largest absolute Gasteiger partial charge is 0.423 e. The van der Waals surface area contributed by atoms with Crippen molar-refractivity contribution in [3.63, 3.8) is 0 Å². The van der Waals surface area contributed by atoms with Crippen LogP contribution in [0.25, 0.3) is 21.5 Å². The summed E-state index contributed by atoms with van der Waals surface area (Å²) in [5, 5.41) is 4.57. The third-order valence-electron chi connectivity index (χ3n) is 8.35. The van der Waals surface area contributed by atoms with Crippen molar-refractivity contribution in [3.05, 3.63) is 126 Å². The maximum Gasteiger partial charge on any atom is 0.335 e. The summed E-state index contributed by atoms with van der Waals surface area (Å²) in [5.41, 5.74) is 9.06. The van der Waals surface area contributed by atoms with Gasteiger partial charge in [-0.3, -0.25) is 0 Å². The first-order chi connectivity index (χ1) is 20.4. The molecule has 0 aliphatic heterocycles. The van der Waals surface area contributed by atoms with Crippen LogP contribution in [0.15, 0.2) is 98.1 Å². The van der Waals surface area contributed by atoms with Crippen molar-refractivity contribution in [2.45, 2.75) is 32.6 Å². The van der Waals surface area contributed by atoms with Crippen LogP contribution in [0, 0.1) is 6.92 Å². The van der Waals surface area contributed by atoms with Gasteiger partial charge in [-0.25, -0.2) is 9.59 Å². The molecule has 0 aromatic heterocycles. The molecule has 5 aromatic carbocycles. The number of benzene rings is 5. The van der Waals surface area contributed by atoms with Crippen LogP contribution in [0.3, 0.4) is 0 Å². The number of carbonyl (C=O) groups is 2. The summed E-state index contributed by atoms with van der Waals surface area (Å²) in [6.07, 6.45) is 5.79. The molecular formula is C37H29NO4. The highest BCUT2D eigenvalue weighted by Gasteiger charge is 2.25. The zero-order valence-electron chi connectivity index (χ0n) is 23.4. The molecule has 0 spiro atoms. The lowest BCUT2D eigenvalue weighted by atomic mass is 10.0. The van der Waals surface area contributed by atoms with Crippen molar-refractivity contribution in [2.24, 2.45) is 0 Å². The summed E-state index contributed by atoms with van der Waals surface area (Å²) in [7, 11) is 0. The van der Waals surface area contributed by atoms with E-state index >= 15 is 0 Å². The second-order valence-electron chi connectivity index (χ2n) is 10.9. The molecule has 0 amide bonds. The van der Waals surface area contributed by atoms with Crippen LogP contribution >= 0.6 is 0 Å². The molecule has 5 nitrogen and oxygen atoms in total. The maximum absolute atomic E-state index is 11.9. The second-order valence-corrected chi connectivity index (χ2v) is 10.9. The van der Waals surface area contributed by atoms with Crippen molar-refractivity contribution in [1.29, 1.82) is 0 Å². The fourth-order valence-corrected chi connectivity index (χ4v) is 6.50. The van der Waals surface area contributed by atoms with Gasteiger partial charge < -0.3 is 14.4 Å².